The average Bonchev–Trinajstić information content (AvgIpc) is 2.48. The molecule has 7 heteroatoms. The molecule has 3 nitrogen and oxygen atoms in total. The number of alkyl halides is 3. The van der Waals surface area contributed by atoms with Crippen LogP contribution in [0, 0.1) is 0 Å². The van der Waals surface area contributed by atoms with E-state index < -0.39 is 21.1 Å². The van der Waals surface area contributed by atoms with Crippen LogP contribution in [-0.2, 0) is 9.84 Å². The molecule has 21 heavy (non-hydrogen) atoms. The van der Waals surface area contributed by atoms with Gasteiger partial charge in [0.15, 0.2) is 0 Å². The predicted molar refractivity (Wildman–Crippen MR) is 79.8 cm³/mol. The van der Waals surface area contributed by atoms with Crippen molar-refractivity contribution in [2.45, 2.75) is 48.3 Å². The van der Waals surface area contributed by atoms with Gasteiger partial charge in [0, 0.05) is 5.88 Å². The van der Waals surface area contributed by atoms with Crippen LogP contribution in [0.2, 0.25) is 0 Å². The SMILES string of the molecule is O=S(=O)(c1ccccc1NC1(CCl)CCCCC1)C(F)F. The quantitative estimate of drug-likeness (QED) is 0.825. The first-order valence-corrected chi connectivity index (χ1v) is 8.95. The van der Waals surface area contributed by atoms with Crippen LogP contribution in [0.4, 0.5) is 14.5 Å². The van der Waals surface area contributed by atoms with Gasteiger partial charge in [0.25, 0.3) is 0 Å². The lowest BCUT2D eigenvalue weighted by Crippen LogP contribution is -2.42. The molecule has 0 aromatic heterocycles. The van der Waals surface area contributed by atoms with E-state index in [4.69, 9.17) is 11.6 Å². The molecular weight excluding hydrogens is 320 g/mol. The van der Waals surface area contributed by atoms with E-state index in [0.29, 0.717) is 5.88 Å². The number of para-hydroxylation sites is 1. The van der Waals surface area contributed by atoms with Crippen LogP contribution in [0.5, 0.6) is 0 Å². The van der Waals surface area contributed by atoms with Gasteiger partial charge in [-0.25, -0.2) is 8.42 Å². The Hall–Kier alpha value is -0.880. The number of nitrogens with one attached hydrogen (secondary N) is 1. The molecule has 1 saturated carbocycles. The van der Waals surface area contributed by atoms with Crippen molar-refractivity contribution in [2.24, 2.45) is 0 Å². The number of halogens is 3. The van der Waals surface area contributed by atoms with E-state index >= 15 is 0 Å². The minimum atomic E-state index is -4.63. The Bertz CT molecular complexity index is 586. The van der Waals surface area contributed by atoms with Gasteiger partial charge in [0.05, 0.1) is 16.1 Å². The Morgan fingerprint density at radius 3 is 2.38 bits per heavy atom. The fourth-order valence-corrected chi connectivity index (χ4v) is 3.94. The number of hydrogen-bond donors (Lipinski definition) is 1. The highest BCUT2D eigenvalue weighted by molar-refractivity contribution is 7.91. The number of hydrogen-bond acceptors (Lipinski definition) is 3. The molecule has 118 valence electrons. The maximum atomic E-state index is 12.8. The first kappa shape index (κ1) is 16.5. The standard InChI is InChI=1S/C14H18ClF2NO2S/c15-10-14(8-4-1-5-9-14)18-11-6-2-3-7-12(11)21(19,20)13(16)17/h2-3,6-7,13,18H,1,4-5,8-10H2. The van der Waals surface area contributed by atoms with E-state index in [1.807, 2.05) is 0 Å². The summed E-state index contributed by atoms with van der Waals surface area (Å²) < 4.78 is 49.1. The maximum absolute atomic E-state index is 12.8. The first-order valence-electron chi connectivity index (χ1n) is 6.86. The van der Waals surface area contributed by atoms with Crippen LogP contribution in [0.3, 0.4) is 0 Å². The fourth-order valence-electron chi connectivity index (χ4n) is 2.72. The molecule has 0 heterocycles. The number of rotatable bonds is 5. The third kappa shape index (κ3) is 3.48. The Labute approximate surface area is 128 Å². The van der Waals surface area contributed by atoms with Gasteiger partial charge < -0.3 is 5.32 Å². The van der Waals surface area contributed by atoms with Crippen LogP contribution in [0.15, 0.2) is 29.2 Å². The largest absolute Gasteiger partial charge is 0.377 e. The van der Waals surface area contributed by atoms with Gasteiger partial charge in [-0.1, -0.05) is 31.4 Å². The molecule has 0 spiro atoms. The van der Waals surface area contributed by atoms with E-state index in [1.54, 1.807) is 6.07 Å². The summed E-state index contributed by atoms with van der Waals surface area (Å²) in [5.41, 5.74) is -0.214. The molecule has 1 N–H and O–H groups in total. The van der Waals surface area contributed by atoms with Gasteiger partial charge in [0.2, 0.25) is 9.84 Å². The fraction of sp³-hybridized carbons (Fsp3) is 0.571. The summed E-state index contributed by atoms with van der Waals surface area (Å²) in [7, 11) is -4.63. The zero-order chi connectivity index (χ0) is 15.5. The smallest absolute Gasteiger partial charge is 0.341 e. The third-order valence-electron chi connectivity index (χ3n) is 3.89. The molecule has 0 atom stereocenters. The van der Waals surface area contributed by atoms with Crippen molar-refractivity contribution < 1.29 is 17.2 Å². The lowest BCUT2D eigenvalue weighted by atomic mass is 9.83. The van der Waals surface area contributed by atoms with E-state index in [-0.39, 0.29) is 10.6 Å². The van der Waals surface area contributed by atoms with Crippen molar-refractivity contribution >= 4 is 27.1 Å². The predicted octanol–water partition coefficient (Wildman–Crippen LogP) is 4.04. The Balaban J connectivity index is 2.37. The van der Waals surface area contributed by atoms with Crippen molar-refractivity contribution in [3.05, 3.63) is 24.3 Å². The summed E-state index contributed by atoms with van der Waals surface area (Å²) in [6, 6.07) is 5.78. The summed E-state index contributed by atoms with van der Waals surface area (Å²) in [6.45, 7) is 0. The van der Waals surface area contributed by atoms with Gasteiger partial charge >= 0.3 is 5.76 Å². The molecule has 0 bridgehead atoms. The van der Waals surface area contributed by atoms with E-state index in [0.717, 1.165) is 32.1 Å². The highest BCUT2D eigenvalue weighted by Crippen LogP contribution is 2.35. The molecule has 0 saturated heterocycles. The van der Waals surface area contributed by atoms with Crippen molar-refractivity contribution in [2.75, 3.05) is 11.2 Å². The van der Waals surface area contributed by atoms with E-state index in [9.17, 15) is 17.2 Å². The monoisotopic (exact) mass is 337 g/mol. The minimum absolute atomic E-state index is 0.209. The Kier molecular flexibility index (Phi) is 5.09. The summed E-state index contributed by atoms with van der Waals surface area (Å²) >= 11 is 6.06. The molecular formula is C14H18ClF2NO2S. The van der Waals surface area contributed by atoms with Gasteiger partial charge in [-0.15, -0.1) is 11.6 Å². The average molecular weight is 338 g/mol. The molecule has 0 aliphatic heterocycles. The second-order valence-electron chi connectivity index (χ2n) is 5.40. The first-order chi connectivity index (χ1) is 9.91. The summed E-state index contributed by atoms with van der Waals surface area (Å²) in [6.07, 6.45) is 4.70. The molecule has 0 radical (unpaired) electrons. The van der Waals surface area contributed by atoms with E-state index in [1.165, 1.54) is 18.2 Å². The Morgan fingerprint density at radius 2 is 1.81 bits per heavy atom. The summed E-state index contributed by atoms with van der Waals surface area (Å²) in [4.78, 5) is -0.366. The molecule has 0 unspecified atom stereocenters. The van der Waals surface area contributed by atoms with Crippen molar-refractivity contribution in [3.8, 4) is 0 Å². The Morgan fingerprint density at radius 1 is 1.19 bits per heavy atom. The molecule has 0 amide bonds. The second-order valence-corrected chi connectivity index (χ2v) is 7.55. The molecule has 1 aliphatic rings. The second kappa shape index (κ2) is 6.48. The van der Waals surface area contributed by atoms with Crippen LogP contribution in [0.25, 0.3) is 0 Å². The maximum Gasteiger partial charge on any atom is 0.341 e. The summed E-state index contributed by atoms with van der Waals surface area (Å²) in [5.74, 6) is -3.12. The third-order valence-corrected chi connectivity index (χ3v) is 5.84. The van der Waals surface area contributed by atoms with Gasteiger partial charge in [-0.3, -0.25) is 0 Å². The molecule has 2 rings (SSSR count). The molecule has 1 aliphatic carbocycles. The van der Waals surface area contributed by atoms with Crippen molar-refractivity contribution in [1.82, 2.24) is 0 Å². The van der Waals surface area contributed by atoms with Crippen LogP contribution < -0.4 is 5.32 Å². The number of benzene rings is 1. The van der Waals surface area contributed by atoms with Gasteiger partial charge in [-0.05, 0) is 25.0 Å². The van der Waals surface area contributed by atoms with Crippen LogP contribution in [-0.4, -0.2) is 25.6 Å². The van der Waals surface area contributed by atoms with Crippen molar-refractivity contribution in [1.29, 1.82) is 0 Å². The molecule has 1 aromatic carbocycles. The van der Waals surface area contributed by atoms with Gasteiger partial charge in [-0.2, -0.15) is 8.78 Å². The molecule has 1 fully saturated rings. The lowest BCUT2D eigenvalue weighted by molar-refractivity contribution is 0.234. The molecule has 1 aromatic rings. The number of anilines is 1. The van der Waals surface area contributed by atoms with E-state index in [2.05, 4.69) is 5.32 Å². The minimum Gasteiger partial charge on any atom is -0.377 e. The number of sulfone groups is 1. The normalized spacial score (nSPS) is 18.7. The van der Waals surface area contributed by atoms with Crippen molar-refractivity contribution in [3.63, 3.8) is 0 Å². The zero-order valence-corrected chi connectivity index (χ0v) is 13.1. The highest BCUT2D eigenvalue weighted by atomic mass is 35.5. The summed E-state index contributed by atoms with van der Waals surface area (Å²) in [5, 5.41) is 3.13. The van der Waals surface area contributed by atoms with Crippen LogP contribution >= 0.6 is 11.6 Å². The van der Waals surface area contributed by atoms with Crippen LogP contribution in [0.1, 0.15) is 32.1 Å². The highest BCUT2D eigenvalue weighted by Gasteiger charge is 2.34. The lowest BCUT2D eigenvalue weighted by Gasteiger charge is -2.38. The zero-order valence-electron chi connectivity index (χ0n) is 11.5. The topological polar surface area (TPSA) is 46.2 Å². The van der Waals surface area contributed by atoms with Gasteiger partial charge in [0.1, 0.15) is 0 Å².